The van der Waals surface area contributed by atoms with E-state index in [-0.39, 0.29) is 29.4 Å². The van der Waals surface area contributed by atoms with Crippen LogP contribution in [0.5, 0.6) is 0 Å². The average molecular weight is 420 g/mol. The number of hydrogen-bond donors (Lipinski definition) is 2. The molecule has 0 unspecified atom stereocenters. The normalized spacial score (nSPS) is 11.7. The van der Waals surface area contributed by atoms with Crippen molar-refractivity contribution in [1.82, 2.24) is 25.5 Å². The van der Waals surface area contributed by atoms with Crippen LogP contribution in [-0.2, 0) is 32.1 Å². The van der Waals surface area contributed by atoms with Crippen molar-refractivity contribution in [2.75, 3.05) is 31.3 Å². The van der Waals surface area contributed by atoms with Crippen LogP contribution in [0.1, 0.15) is 12.5 Å². The zero-order chi connectivity index (χ0) is 21.1. The zero-order valence-corrected chi connectivity index (χ0v) is 17.1. The number of thioether (sulfide) groups is 1. The van der Waals surface area contributed by atoms with Gasteiger partial charge in [-0.1, -0.05) is 47.2 Å². The van der Waals surface area contributed by atoms with Gasteiger partial charge in [-0.25, -0.2) is 0 Å². The second kappa shape index (κ2) is 11.9. The third kappa shape index (κ3) is 8.40. The van der Waals surface area contributed by atoms with Crippen LogP contribution in [0.25, 0.3) is 0 Å². The van der Waals surface area contributed by atoms with Gasteiger partial charge < -0.3 is 10.1 Å². The fourth-order valence-electron chi connectivity index (χ4n) is 2.39. The Labute approximate surface area is 172 Å². The van der Waals surface area contributed by atoms with Crippen LogP contribution in [0.15, 0.2) is 30.3 Å². The quantitative estimate of drug-likeness (QED) is 0.503. The topological polar surface area (TPSA) is 128 Å². The summed E-state index contributed by atoms with van der Waals surface area (Å²) >= 11 is 1.10. The van der Waals surface area contributed by atoms with Crippen LogP contribution in [0.3, 0.4) is 0 Å². The van der Waals surface area contributed by atoms with Crippen molar-refractivity contribution in [3.05, 3.63) is 35.9 Å². The molecular formula is C18H24N6O4S. The number of methoxy groups -OCH3 is 1. The second-order valence-electron chi connectivity index (χ2n) is 6.16. The number of tetrazole rings is 1. The molecule has 0 aliphatic carbocycles. The molecule has 0 aliphatic heterocycles. The van der Waals surface area contributed by atoms with Gasteiger partial charge in [0.15, 0.2) is 5.12 Å². The molecule has 0 spiro atoms. The van der Waals surface area contributed by atoms with Crippen LogP contribution in [-0.4, -0.2) is 63.2 Å². The van der Waals surface area contributed by atoms with Gasteiger partial charge in [-0.3, -0.25) is 19.7 Å². The van der Waals surface area contributed by atoms with Crippen molar-refractivity contribution in [3.63, 3.8) is 0 Å². The van der Waals surface area contributed by atoms with Gasteiger partial charge in [0.2, 0.25) is 11.8 Å². The highest BCUT2D eigenvalue weighted by molar-refractivity contribution is 8.13. The summed E-state index contributed by atoms with van der Waals surface area (Å²) in [5.74, 6) is -0.712. The largest absolute Gasteiger partial charge is 0.383 e. The summed E-state index contributed by atoms with van der Waals surface area (Å²) in [5, 5.41) is 16.7. The number of nitrogens with one attached hydrogen (secondary N) is 2. The number of amides is 2. The first kappa shape index (κ1) is 22.5. The molecule has 2 amide bonds. The van der Waals surface area contributed by atoms with E-state index in [0.717, 1.165) is 22.1 Å². The Morgan fingerprint density at radius 1 is 1.24 bits per heavy atom. The van der Waals surface area contributed by atoms with Crippen molar-refractivity contribution in [1.29, 1.82) is 0 Å². The number of rotatable bonds is 11. The Hall–Kier alpha value is -2.79. The van der Waals surface area contributed by atoms with Gasteiger partial charge in [-0.2, -0.15) is 4.80 Å². The molecule has 2 rings (SSSR count). The minimum Gasteiger partial charge on any atom is -0.383 e. The Kier molecular flexibility index (Phi) is 9.25. The standard InChI is InChI=1S/C18H24N6O4S/c1-13(25)29-12-15(10-14-6-4-3-5-7-14)17(27)20-18-21-23-24(22-18)11-16(26)19-8-9-28-2/h3-7,15H,8-12H2,1-2H3,(H,19,26)(H,20,22,27)/t15-/m1/s1. The number of carbonyl (C=O) groups excluding carboxylic acids is 3. The first-order chi connectivity index (χ1) is 14.0. The van der Waals surface area contributed by atoms with Crippen molar-refractivity contribution in [2.24, 2.45) is 5.92 Å². The maximum Gasteiger partial charge on any atom is 0.270 e. The lowest BCUT2D eigenvalue weighted by Crippen LogP contribution is -2.31. The first-order valence-electron chi connectivity index (χ1n) is 8.99. The molecule has 1 atom stereocenters. The van der Waals surface area contributed by atoms with Crippen LogP contribution in [0, 0.1) is 5.92 Å². The van der Waals surface area contributed by atoms with Gasteiger partial charge in [-0.05, 0) is 17.2 Å². The molecule has 10 nitrogen and oxygen atoms in total. The Bertz CT molecular complexity index is 814. The van der Waals surface area contributed by atoms with Crippen molar-refractivity contribution in [2.45, 2.75) is 19.9 Å². The predicted molar refractivity (Wildman–Crippen MR) is 108 cm³/mol. The Morgan fingerprint density at radius 3 is 2.69 bits per heavy atom. The molecule has 2 N–H and O–H groups in total. The number of aromatic nitrogens is 4. The molecule has 0 aliphatic rings. The van der Waals surface area contributed by atoms with Crippen LogP contribution >= 0.6 is 11.8 Å². The van der Waals surface area contributed by atoms with E-state index in [1.165, 1.54) is 6.92 Å². The van der Waals surface area contributed by atoms with Crippen molar-refractivity contribution >= 4 is 34.6 Å². The number of nitrogens with zero attached hydrogens (tertiary/aromatic N) is 4. The van der Waals surface area contributed by atoms with Crippen molar-refractivity contribution < 1.29 is 19.1 Å². The number of benzene rings is 1. The molecule has 0 saturated heterocycles. The van der Waals surface area contributed by atoms with Crippen LogP contribution in [0.2, 0.25) is 0 Å². The van der Waals surface area contributed by atoms with Gasteiger partial charge >= 0.3 is 0 Å². The lowest BCUT2D eigenvalue weighted by Gasteiger charge is -2.14. The fraction of sp³-hybridized carbons (Fsp3) is 0.444. The summed E-state index contributed by atoms with van der Waals surface area (Å²) in [6.45, 7) is 2.12. The highest BCUT2D eigenvalue weighted by Crippen LogP contribution is 2.17. The van der Waals surface area contributed by atoms with E-state index >= 15 is 0 Å². The summed E-state index contributed by atoms with van der Waals surface area (Å²) in [5.41, 5.74) is 0.987. The van der Waals surface area contributed by atoms with Gasteiger partial charge in [-0.15, -0.1) is 5.10 Å². The van der Waals surface area contributed by atoms with Crippen LogP contribution < -0.4 is 10.6 Å². The molecule has 2 aromatic rings. The monoisotopic (exact) mass is 420 g/mol. The van der Waals surface area contributed by atoms with Crippen molar-refractivity contribution in [3.8, 4) is 0 Å². The summed E-state index contributed by atoms with van der Waals surface area (Å²) in [6, 6.07) is 9.54. The smallest absolute Gasteiger partial charge is 0.270 e. The number of hydrogen-bond acceptors (Lipinski definition) is 8. The van der Waals surface area contributed by atoms with Gasteiger partial charge in [0.1, 0.15) is 6.54 Å². The molecule has 1 aromatic carbocycles. The maximum absolute atomic E-state index is 12.7. The lowest BCUT2D eigenvalue weighted by molar-refractivity contribution is -0.122. The summed E-state index contributed by atoms with van der Waals surface area (Å²) in [6.07, 6.45) is 0.475. The zero-order valence-electron chi connectivity index (χ0n) is 16.3. The van der Waals surface area contributed by atoms with Gasteiger partial charge in [0.25, 0.3) is 5.95 Å². The summed E-state index contributed by atoms with van der Waals surface area (Å²) in [7, 11) is 1.54. The third-order valence-electron chi connectivity index (χ3n) is 3.78. The van der Waals surface area contributed by atoms with E-state index in [1.807, 2.05) is 30.3 Å². The van der Waals surface area contributed by atoms with Crippen LogP contribution in [0.4, 0.5) is 5.95 Å². The minimum atomic E-state index is -0.449. The molecule has 0 fully saturated rings. The molecular weight excluding hydrogens is 396 g/mol. The molecule has 1 heterocycles. The molecule has 11 heteroatoms. The Balaban J connectivity index is 1.94. The third-order valence-corrected chi connectivity index (χ3v) is 4.76. The van der Waals surface area contributed by atoms with E-state index in [4.69, 9.17) is 4.74 Å². The number of anilines is 1. The van der Waals surface area contributed by atoms with E-state index in [0.29, 0.717) is 25.3 Å². The maximum atomic E-state index is 12.7. The lowest BCUT2D eigenvalue weighted by atomic mass is 10.0. The molecule has 0 saturated carbocycles. The van der Waals surface area contributed by atoms with E-state index < -0.39 is 5.92 Å². The van der Waals surface area contributed by atoms with Gasteiger partial charge in [0.05, 0.1) is 12.5 Å². The predicted octanol–water partition coefficient (Wildman–Crippen LogP) is 0.513. The molecule has 156 valence electrons. The summed E-state index contributed by atoms with van der Waals surface area (Å²) in [4.78, 5) is 36.9. The fourth-order valence-corrected chi connectivity index (χ4v) is 3.10. The molecule has 0 radical (unpaired) electrons. The minimum absolute atomic E-state index is 0.00517. The highest BCUT2D eigenvalue weighted by atomic mass is 32.2. The first-order valence-corrected chi connectivity index (χ1v) is 9.98. The van der Waals surface area contributed by atoms with E-state index in [1.54, 1.807) is 7.11 Å². The second-order valence-corrected chi connectivity index (χ2v) is 7.36. The van der Waals surface area contributed by atoms with E-state index in [2.05, 4.69) is 26.0 Å². The molecule has 0 bridgehead atoms. The van der Waals surface area contributed by atoms with Gasteiger partial charge in [0, 0.05) is 26.3 Å². The molecule has 1 aromatic heterocycles. The Morgan fingerprint density at radius 2 is 2.00 bits per heavy atom. The average Bonchev–Trinajstić information content (AvgIpc) is 3.12. The highest BCUT2D eigenvalue weighted by Gasteiger charge is 2.22. The number of carbonyl (C=O) groups is 3. The van der Waals surface area contributed by atoms with E-state index in [9.17, 15) is 14.4 Å². The SMILES string of the molecule is COCCNC(=O)Cn1nnc(NC(=O)[C@@H](CSC(C)=O)Cc2ccccc2)n1. The molecule has 29 heavy (non-hydrogen) atoms. The summed E-state index contributed by atoms with van der Waals surface area (Å²) < 4.78 is 4.85. The number of ether oxygens (including phenoxy) is 1.